The zero-order chi connectivity index (χ0) is 14.2. The van der Waals surface area contributed by atoms with Gasteiger partial charge >= 0.3 is 0 Å². The number of nitrogens with zero attached hydrogens (tertiary/aromatic N) is 2. The van der Waals surface area contributed by atoms with Crippen LogP contribution in [0.2, 0.25) is 5.15 Å². The van der Waals surface area contributed by atoms with Crippen molar-refractivity contribution in [1.29, 1.82) is 0 Å². The van der Waals surface area contributed by atoms with Crippen molar-refractivity contribution >= 4 is 27.5 Å². The molecule has 2 aromatic rings. The average molecular weight is 352 g/mol. The summed E-state index contributed by atoms with van der Waals surface area (Å²) in [6.07, 6.45) is 0. The monoisotopic (exact) mass is 350 g/mol. The molecule has 0 aliphatic heterocycles. The molecule has 0 amide bonds. The first-order valence-electron chi connectivity index (χ1n) is 5.35. The first-order chi connectivity index (χ1) is 8.90. The molecule has 0 saturated heterocycles. The molecule has 0 spiro atoms. The second-order valence-corrected chi connectivity index (χ2v) is 5.18. The van der Waals surface area contributed by atoms with Crippen molar-refractivity contribution in [2.45, 2.75) is 13.5 Å². The van der Waals surface area contributed by atoms with Crippen molar-refractivity contribution in [3.63, 3.8) is 0 Å². The van der Waals surface area contributed by atoms with Gasteiger partial charge in [0.05, 0.1) is 10.2 Å². The van der Waals surface area contributed by atoms with Gasteiger partial charge in [-0.05, 0) is 28.9 Å². The molecule has 0 bridgehead atoms. The number of aryl methyl sites for hydroxylation is 2. The van der Waals surface area contributed by atoms with Gasteiger partial charge in [0.2, 0.25) is 0 Å². The molecule has 1 aromatic heterocycles. The van der Waals surface area contributed by atoms with Gasteiger partial charge in [0.15, 0.2) is 11.6 Å². The number of ether oxygens (including phenoxy) is 1. The standard InChI is InChI=1S/C12H10BrClF2N2O/c1-6-8(12(14)18(2)17-6)5-19-11-9(13)3-7(15)4-10(11)16/h3-4H,5H2,1-2H3. The summed E-state index contributed by atoms with van der Waals surface area (Å²) >= 11 is 9.09. The molecule has 0 saturated carbocycles. The van der Waals surface area contributed by atoms with Crippen LogP contribution in [-0.2, 0) is 13.7 Å². The Morgan fingerprint density at radius 2 is 2.11 bits per heavy atom. The van der Waals surface area contributed by atoms with Crippen LogP contribution in [0.3, 0.4) is 0 Å². The number of benzene rings is 1. The van der Waals surface area contributed by atoms with Crippen LogP contribution in [0.15, 0.2) is 16.6 Å². The topological polar surface area (TPSA) is 27.1 Å². The minimum atomic E-state index is -0.774. The third-order valence-corrected chi connectivity index (χ3v) is 3.66. The van der Waals surface area contributed by atoms with E-state index in [0.717, 1.165) is 12.1 Å². The Labute approximate surface area is 122 Å². The summed E-state index contributed by atoms with van der Waals surface area (Å²) in [5.41, 5.74) is 1.37. The van der Waals surface area contributed by atoms with E-state index in [4.69, 9.17) is 16.3 Å². The largest absolute Gasteiger partial charge is 0.484 e. The van der Waals surface area contributed by atoms with Gasteiger partial charge in [0.1, 0.15) is 17.6 Å². The molecule has 7 heteroatoms. The third-order valence-electron chi connectivity index (χ3n) is 2.59. The van der Waals surface area contributed by atoms with Gasteiger partial charge in [-0.15, -0.1) is 0 Å². The summed E-state index contributed by atoms with van der Waals surface area (Å²) in [5, 5.41) is 4.55. The van der Waals surface area contributed by atoms with Gasteiger partial charge in [0, 0.05) is 18.7 Å². The molecular weight excluding hydrogens is 341 g/mol. The smallest absolute Gasteiger partial charge is 0.169 e. The number of hydrogen-bond acceptors (Lipinski definition) is 2. The van der Waals surface area contributed by atoms with Crippen molar-refractivity contribution in [3.05, 3.63) is 44.7 Å². The molecule has 0 N–H and O–H groups in total. The molecule has 3 nitrogen and oxygen atoms in total. The van der Waals surface area contributed by atoms with E-state index < -0.39 is 11.6 Å². The quantitative estimate of drug-likeness (QED) is 0.836. The van der Waals surface area contributed by atoms with Crippen molar-refractivity contribution in [1.82, 2.24) is 9.78 Å². The van der Waals surface area contributed by atoms with Gasteiger partial charge < -0.3 is 4.74 Å². The van der Waals surface area contributed by atoms with Crippen molar-refractivity contribution in [3.8, 4) is 5.75 Å². The van der Waals surface area contributed by atoms with E-state index in [0.29, 0.717) is 16.4 Å². The second kappa shape index (κ2) is 5.46. The summed E-state index contributed by atoms with van der Waals surface area (Å²) in [4.78, 5) is 0. The van der Waals surface area contributed by atoms with Gasteiger partial charge in [-0.25, -0.2) is 8.78 Å². The molecule has 102 valence electrons. The zero-order valence-corrected chi connectivity index (χ0v) is 12.5. The number of aromatic nitrogens is 2. The Bertz CT molecular complexity index is 607. The highest BCUT2D eigenvalue weighted by Gasteiger charge is 2.15. The number of hydrogen-bond donors (Lipinski definition) is 0. The molecule has 0 atom stereocenters. The second-order valence-electron chi connectivity index (χ2n) is 3.97. The predicted octanol–water partition coefficient (Wildman–Crippen LogP) is 4.00. The molecule has 0 radical (unpaired) electrons. The summed E-state index contributed by atoms with van der Waals surface area (Å²) in [7, 11) is 1.70. The van der Waals surface area contributed by atoms with Crippen LogP contribution in [0.4, 0.5) is 8.78 Å². The lowest BCUT2D eigenvalue weighted by Crippen LogP contribution is -2.00. The number of rotatable bonds is 3. The first kappa shape index (κ1) is 14.3. The molecule has 0 aliphatic rings. The van der Waals surface area contributed by atoms with Crippen molar-refractivity contribution in [2.24, 2.45) is 7.05 Å². The van der Waals surface area contributed by atoms with Gasteiger partial charge in [-0.2, -0.15) is 5.10 Å². The minimum Gasteiger partial charge on any atom is -0.484 e. The van der Waals surface area contributed by atoms with E-state index in [-0.39, 0.29) is 16.8 Å². The molecule has 0 unspecified atom stereocenters. The Morgan fingerprint density at radius 3 is 2.63 bits per heavy atom. The molecule has 0 fully saturated rings. The Hall–Kier alpha value is -1.14. The van der Waals surface area contributed by atoms with E-state index in [1.807, 2.05) is 0 Å². The lowest BCUT2D eigenvalue weighted by molar-refractivity contribution is 0.286. The van der Waals surface area contributed by atoms with Crippen molar-refractivity contribution < 1.29 is 13.5 Å². The SMILES string of the molecule is Cc1nn(C)c(Cl)c1COc1c(F)cc(F)cc1Br. The molecule has 1 heterocycles. The van der Waals surface area contributed by atoms with Gasteiger partial charge in [0.25, 0.3) is 0 Å². The molecule has 0 aliphatic carbocycles. The van der Waals surface area contributed by atoms with E-state index in [9.17, 15) is 8.78 Å². The van der Waals surface area contributed by atoms with Crippen LogP contribution < -0.4 is 4.74 Å². The Balaban J connectivity index is 2.24. The van der Waals surface area contributed by atoms with Crippen LogP contribution in [0, 0.1) is 18.6 Å². The van der Waals surface area contributed by atoms with Crippen LogP contribution in [0.25, 0.3) is 0 Å². The fourth-order valence-electron chi connectivity index (χ4n) is 1.65. The Kier molecular flexibility index (Phi) is 4.10. The summed E-state index contributed by atoms with van der Waals surface area (Å²) in [6, 6.07) is 1.90. The van der Waals surface area contributed by atoms with Crippen LogP contribution >= 0.6 is 27.5 Å². The zero-order valence-electron chi connectivity index (χ0n) is 10.2. The molecule has 19 heavy (non-hydrogen) atoms. The van der Waals surface area contributed by atoms with Gasteiger partial charge in [-0.1, -0.05) is 11.6 Å². The normalized spacial score (nSPS) is 10.8. The maximum Gasteiger partial charge on any atom is 0.169 e. The van der Waals surface area contributed by atoms with Crippen LogP contribution in [0.1, 0.15) is 11.3 Å². The minimum absolute atomic E-state index is 0.0549. The lowest BCUT2D eigenvalue weighted by atomic mass is 10.3. The maximum atomic E-state index is 13.6. The van der Waals surface area contributed by atoms with Crippen molar-refractivity contribution in [2.75, 3.05) is 0 Å². The fraction of sp³-hybridized carbons (Fsp3) is 0.250. The Morgan fingerprint density at radius 1 is 1.42 bits per heavy atom. The predicted molar refractivity (Wildman–Crippen MR) is 71.3 cm³/mol. The summed E-state index contributed by atoms with van der Waals surface area (Å²) in [5.74, 6) is -1.50. The average Bonchev–Trinajstić information content (AvgIpc) is 2.53. The highest BCUT2D eigenvalue weighted by atomic mass is 79.9. The van der Waals surface area contributed by atoms with E-state index in [1.54, 1.807) is 14.0 Å². The number of halogens is 4. The molecule has 2 rings (SSSR count). The third kappa shape index (κ3) is 2.90. The first-order valence-corrected chi connectivity index (χ1v) is 6.52. The van der Waals surface area contributed by atoms with Gasteiger partial charge in [-0.3, -0.25) is 4.68 Å². The highest BCUT2D eigenvalue weighted by molar-refractivity contribution is 9.10. The summed E-state index contributed by atoms with van der Waals surface area (Å²) < 4.78 is 33.6. The fourth-order valence-corrected chi connectivity index (χ4v) is 2.40. The molecule has 1 aromatic carbocycles. The molecular formula is C12H10BrClF2N2O. The van der Waals surface area contributed by atoms with Crippen LogP contribution in [-0.4, -0.2) is 9.78 Å². The lowest BCUT2D eigenvalue weighted by Gasteiger charge is -2.09. The van der Waals surface area contributed by atoms with Crippen LogP contribution in [0.5, 0.6) is 5.75 Å². The summed E-state index contributed by atoms with van der Waals surface area (Å²) in [6.45, 7) is 1.83. The maximum absolute atomic E-state index is 13.6. The highest BCUT2D eigenvalue weighted by Crippen LogP contribution is 2.31. The van der Waals surface area contributed by atoms with E-state index in [2.05, 4.69) is 21.0 Å². The van der Waals surface area contributed by atoms with E-state index in [1.165, 1.54) is 4.68 Å². The van der Waals surface area contributed by atoms with E-state index >= 15 is 0 Å².